The Kier molecular flexibility index (Phi) is 8.00. The van der Waals surface area contributed by atoms with Crippen LogP contribution in [0, 0.1) is 17.6 Å². The van der Waals surface area contributed by atoms with Crippen molar-refractivity contribution in [2.75, 3.05) is 13.2 Å². The first-order valence-corrected chi connectivity index (χ1v) is 12.2. The number of ether oxygens (including phenoxy) is 2. The lowest BCUT2D eigenvalue weighted by atomic mass is 9.64. The molecule has 3 atom stereocenters. The van der Waals surface area contributed by atoms with Crippen LogP contribution in [0.5, 0.6) is 11.5 Å². The van der Waals surface area contributed by atoms with Gasteiger partial charge in [-0.15, -0.1) is 0 Å². The molecule has 2 saturated carbocycles. The van der Waals surface area contributed by atoms with Crippen molar-refractivity contribution in [1.82, 2.24) is 10.6 Å². The highest BCUT2D eigenvalue weighted by atomic mass is 35.5. The molecule has 11 heteroatoms. The summed E-state index contributed by atoms with van der Waals surface area (Å²) in [6.45, 7) is -0.730. The third-order valence-electron chi connectivity index (χ3n) is 6.54. The minimum absolute atomic E-state index is 0.0139. The largest absolute Gasteiger partial charge is 0.484 e. The summed E-state index contributed by atoms with van der Waals surface area (Å²) in [5.41, 5.74) is -1.02. The van der Waals surface area contributed by atoms with Gasteiger partial charge in [-0.05, 0) is 49.4 Å². The van der Waals surface area contributed by atoms with E-state index in [1.807, 2.05) is 0 Å². The Morgan fingerprint density at radius 2 is 1.56 bits per heavy atom. The summed E-state index contributed by atoms with van der Waals surface area (Å²) in [4.78, 5) is 38.1. The van der Waals surface area contributed by atoms with Crippen molar-refractivity contribution in [3.8, 4) is 11.5 Å². The highest BCUT2D eigenvalue weighted by Crippen LogP contribution is 2.41. The lowest BCUT2D eigenvalue weighted by Crippen LogP contribution is -2.64. The first-order chi connectivity index (χ1) is 17.1. The molecule has 0 saturated heterocycles. The van der Waals surface area contributed by atoms with Crippen molar-refractivity contribution in [2.45, 2.75) is 43.7 Å². The van der Waals surface area contributed by atoms with Gasteiger partial charge in [0.05, 0.1) is 15.6 Å². The standard InChI is InChI=1S/C25H24Cl2F2N2O5/c26-17-5-3-15(8-19(17)28)35-12-23(33)30-21-10-22(32)25(7-1-2-14(21)11-25)31-24(34)13-36-16-4-6-18(27)20(29)9-16/h3-6,8-9,14,21H,1-2,7,10-13H2,(H,30,33)(H,31,34). The summed E-state index contributed by atoms with van der Waals surface area (Å²) < 4.78 is 37.8. The number of hydrogen-bond donors (Lipinski definition) is 2. The van der Waals surface area contributed by atoms with E-state index in [0.29, 0.717) is 19.3 Å². The maximum Gasteiger partial charge on any atom is 0.258 e. The van der Waals surface area contributed by atoms with E-state index in [2.05, 4.69) is 10.6 Å². The second kappa shape index (κ2) is 11.0. The Morgan fingerprint density at radius 1 is 0.972 bits per heavy atom. The second-order valence-corrected chi connectivity index (χ2v) is 9.83. The Bertz CT molecular complexity index is 1180. The molecule has 2 aliphatic carbocycles. The lowest BCUT2D eigenvalue weighted by molar-refractivity contribution is -0.139. The van der Waals surface area contributed by atoms with E-state index in [-0.39, 0.29) is 52.9 Å². The van der Waals surface area contributed by atoms with E-state index < -0.39 is 35.0 Å². The highest BCUT2D eigenvalue weighted by Gasteiger charge is 2.50. The maximum absolute atomic E-state index is 13.6. The molecule has 0 heterocycles. The number of amides is 2. The molecule has 2 aromatic rings. The topological polar surface area (TPSA) is 93.7 Å². The van der Waals surface area contributed by atoms with Crippen LogP contribution in [0.1, 0.15) is 32.1 Å². The van der Waals surface area contributed by atoms with E-state index >= 15 is 0 Å². The summed E-state index contributed by atoms with van der Waals surface area (Å²) in [6, 6.07) is 7.33. The van der Waals surface area contributed by atoms with E-state index in [1.165, 1.54) is 24.3 Å². The smallest absolute Gasteiger partial charge is 0.258 e. The van der Waals surface area contributed by atoms with Gasteiger partial charge in [0, 0.05) is 24.6 Å². The van der Waals surface area contributed by atoms with Gasteiger partial charge in [0.1, 0.15) is 23.1 Å². The molecule has 2 aromatic carbocycles. The van der Waals surface area contributed by atoms with Gasteiger partial charge in [-0.2, -0.15) is 0 Å². The van der Waals surface area contributed by atoms with Crippen molar-refractivity contribution >= 4 is 40.8 Å². The van der Waals surface area contributed by atoms with Crippen LogP contribution in [0.3, 0.4) is 0 Å². The molecule has 36 heavy (non-hydrogen) atoms. The summed E-state index contributed by atoms with van der Waals surface area (Å²) in [5, 5.41) is 5.56. The van der Waals surface area contributed by atoms with Crippen LogP contribution in [-0.4, -0.2) is 42.4 Å². The van der Waals surface area contributed by atoms with Crippen LogP contribution in [0.15, 0.2) is 36.4 Å². The van der Waals surface area contributed by atoms with Crippen molar-refractivity contribution in [3.05, 3.63) is 58.1 Å². The molecule has 0 radical (unpaired) electrons. The van der Waals surface area contributed by atoms with E-state index in [1.54, 1.807) is 0 Å². The van der Waals surface area contributed by atoms with E-state index in [0.717, 1.165) is 18.6 Å². The predicted molar refractivity (Wildman–Crippen MR) is 128 cm³/mol. The van der Waals surface area contributed by atoms with Crippen molar-refractivity contribution in [3.63, 3.8) is 0 Å². The monoisotopic (exact) mass is 540 g/mol. The molecule has 0 spiro atoms. The number of halogens is 4. The zero-order valence-electron chi connectivity index (χ0n) is 19.1. The number of carbonyl (C=O) groups excluding carboxylic acids is 3. The average molecular weight is 541 g/mol. The zero-order chi connectivity index (χ0) is 25.9. The molecule has 2 bridgehead atoms. The molecular weight excluding hydrogens is 517 g/mol. The number of rotatable bonds is 8. The molecule has 2 N–H and O–H groups in total. The Hall–Kier alpha value is -2.91. The van der Waals surface area contributed by atoms with Crippen molar-refractivity contribution in [2.24, 2.45) is 5.92 Å². The molecule has 0 aliphatic heterocycles. The number of benzene rings is 2. The third-order valence-corrected chi connectivity index (χ3v) is 7.16. The number of carbonyl (C=O) groups is 3. The van der Waals surface area contributed by atoms with Gasteiger partial charge in [0.2, 0.25) is 0 Å². The Labute approximate surface area is 216 Å². The van der Waals surface area contributed by atoms with Gasteiger partial charge in [0.25, 0.3) is 11.8 Å². The van der Waals surface area contributed by atoms with Crippen LogP contribution in [0.2, 0.25) is 10.0 Å². The SMILES string of the molecule is O=C(COc1ccc(Cl)c(F)c1)NC1CC(=O)C2(NC(=O)COc3ccc(Cl)c(F)c3)CCCC1C2. The first-order valence-electron chi connectivity index (χ1n) is 11.4. The molecule has 3 unspecified atom stereocenters. The molecule has 2 amide bonds. The summed E-state index contributed by atoms with van der Waals surface area (Å²) in [7, 11) is 0. The van der Waals surface area contributed by atoms with E-state index in [9.17, 15) is 23.2 Å². The van der Waals surface area contributed by atoms with Crippen LogP contribution >= 0.6 is 23.2 Å². The first kappa shape index (κ1) is 26.2. The molecular formula is C25H24Cl2F2N2O5. The highest BCUT2D eigenvalue weighted by molar-refractivity contribution is 6.31. The molecule has 2 aliphatic rings. The molecule has 0 aromatic heterocycles. The average Bonchev–Trinajstić information content (AvgIpc) is 2.84. The van der Waals surface area contributed by atoms with Crippen molar-refractivity contribution < 1.29 is 32.6 Å². The fourth-order valence-corrected chi connectivity index (χ4v) is 5.05. The number of nitrogens with one attached hydrogen (secondary N) is 2. The normalized spacial score (nSPS) is 23.1. The summed E-state index contributed by atoms with van der Waals surface area (Å²) in [6.07, 6.45) is 2.44. The van der Waals surface area contributed by atoms with Crippen LogP contribution in [0.25, 0.3) is 0 Å². The molecule has 7 nitrogen and oxygen atoms in total. The molecule has 4 rings (SSSR count). The quantitative estimate of drug-likeness (QED) is 0.522. The fourth-order valence-electron chi connectivity index (χ4n) is 4.81. The lowest BCUT2D eigenvalue weighted by Gasteiger charge is -2.47. The minimum Gasteiger partial charge on any atom is -0.484 e. The molecule has 2 fully saturated rings. The van der Waals surface area contributed by atoms with Gasteiger partial charge in [-0.25, -0.2) is 8.78 Å². The number of ketones is 1. The maximum atomic E-state index is 13.6. The van der Waals surface area contributed by atoms with Gasteiger partial charge in [-0.3, -0.25) is 14.4 Å². The third kappa shape index (κ3) is 6.07. The summed E-state index contributed by atoms with van der Waals surface area (Å²) >= 11 is 11.3. The van der Waals surface area contributed by atoms with Gasteiger partial charge in [-0.1, -0.05) is 29.6 Å². The van der Waals surface area contributed by atoms with Gasteiger partial charge >= 0.3 is 0 Å². The van der Waals surface area contributed by atoms with Crippen LogP contribution in [0.4, 0.5) is 8.78 Å². The van der Waals surface area contributed by atoms with Crippen molar-refractivity contribution in [1.29, 1.82) is 0 Å². The fraction of sp³-hybridized carbons (Fsp3) is 0.400. The second-order valence-electron chi connectivity index (χ2n) is 9.02. The predicted octanol–water partition coefficient (Wildman–Crippen LogP) is 4.23. The number of hydrogen-bond acceptors (Lipinski definition) is 5. The zero-order valence-corrected chi connectivity index (χ0v) is 20.6. The summed E-state index contributed by atoms with van der Waals surface area (Å²) in [5.74, 6) is -2.12. The van der Waals surface area contributed by atoms with Crippen LogP contribution < -0.4 is 20.1 Å². The van der Waals surface area contributed by atoms with Crippen LogP contribution in [-0.2, 0) is 14.4 Å². The number of Topliss-reactive ketones (excluding diaryl/α,β-unsaturated/α-hetero) is 1. The van der Waals surface area contributed by atoms with E-state index in [4.69, 9.17) is 32.7 Å². The minimum atomic E-state index is -1.02. The molecule has 192 valence electrons. The van der Waals surface area contributed by atoms with Gasteiger partial charge < -0.3 is 20.1 Å². The Balaban J connectivity index is 1.30. The Morgan fingerprint density at radius 3 is 2.14 bits per heavy atom. The number of fused-ring (bicyclic) bond motifs is 2. The van der Waals surface area contributed by atoms with Gasteiger partial charge in [0.15, 0.2) is 19.0 Å².